The molecule has 1 aromatic rings. The van der Waals surface area contributed by atoms with Gasteiger partial charge in [0.25, 0.3) is 5.91 Å². The zero-order valence-electron chi connectivity index (χ0n) is 13.3. The van der Waals surface area contributed by atoms with Crippen LogP contribution in [0, 0.1) is 6.92 Å². The number of carbonyl (C=O) groups is 1. The summed E-state index contributed by atoms with van der Waals surface area (Å²) < 4.78 is 0. The van der Waals surface area contributed by atoms with Gasteiger partial charge in [-0.05, 0) is 46.8 Å². The summed E-state index contributed by atoms with van der Waals surface area (Å²) in [5.74, 6) is 0.0483. The van der Waals surface area contributed by atoms with Gasteiger partial charge in [-0.25, -0.2) is 0 Å². The molecule has 0 spiro atoms. The van der Waals surface area contributed by atoms with Crippen LogP contribution in [0.1, 0.15) is 56.5 Å². The van der Waals surface area contributed by atoms with Crippen LogP contribution in [0.3, 0.4) is 0 Å². The maximum absolute atomic E-state index is 12.4. The maximum Gasteiger partial charge on any atom is 0.251 e. The normalized spacial score (nSPS) is 21.4. The summed E-state index contributed by atoms with van der Waals surface area (Å²) in [6.45, 7) is 11.0. The Morgan fingerprint density at radius 1 is 1.20 bits per heavy atom. The van der Waals surface area contributed by atoms with E-state index >= 15 is 0 Å². The van der Waals surface area contributed by atoms with Crippen LogP contribution in [-0.2, 0) is 0 Å². The number of piperidine rings is 1. The molecule has 0 unspecified atom stereocenters. The number of quaternary nitrogens is 1. The van der Waals surface area contributed by atoms with Crippen molar-refractivity contribution in [2.24, 2.45) is 0 Å². The van der Waals surface area contributed by atoms with Crippen LogP contribution < -0.4 is 10.6 Å². The minimum absolute atomic E-state index is 0.0483. The first kappa shape index (κ1) is 15.0. The van der Waals surface area contributed by atoms with Crippen molar-refractivity contribution >= 4 is 5.91 Å². The molecule has 1 saturated heterocycles. The second kappa shape index (κ2) is 5.21. The van der Waals surface area contributed by atoms with Gasteiger partial charge in [0, 0.05) is 24.4 Å². The van der Waals surface area contributed by atoms with Crippen LogP contribution in [-0.4, -0.2) is 23.0 Å². The summed E-state index contributed by atoms with van der Waals surface area (Å²) in [5.41, 5.74) is 2.23. The van der Waals surface area contributed by atoms with Gasteiger partial charge in [0.2, 0.25) is 0 Å². The molecule has 1 fully saturated rings. The van der Waals surface area contributed by atoms with Crippen LogP contribution in [0.4, 0.5) is 0 Å². The average Bonchev–Trinajstić information content (AvgIpc) is 2.24. The van der Waals surface area contributed by atoms with E-state index in [1.54, 1.807) is 0 Å². The van der Waals surface area contributed by atoms with E-state index in [9.17, 15) is 4.79 Å². The van der Waals surface area contributed by atoms with E-state index in [4.69, 9.17) is 0 Å². The van der Waals surface area contributed by atoms with Crippen LogP contribution in [0.5, 0.6) is 0 Å². The predicted molar refractivity (Wildman–Crippen MR) is 81.8 cm³/mol. The van der Waals surface area contributed by atoms with Gasteiger partial charge in [0.05, 0.1) is 11.1 Å². The highest BCUT2D eigenvalue weighted by atomic mass is 16.1. The summed E-state index contributed by atoms with van der Waals surface area (Å²) in [6, 6.07) is 8.03. The standard InChI is InChI=1S/C17H26N2O/c1-12-7-6-8-13(9-12)15(20)18-14-10-16(2,3)19-17(4,5)11-14/h6-9,14,19H,10-11H2,1-5H3,(H,18,20)/p+1. The number of benzene rings is 1. The summed E-state index contributed by atoms with van der Waals surface area (Å²) in [5, 5.41) is 5.64. The molecule has 1 aliphatic heterocycles. The van der Waals surface area contributed by atoms with Gasteiger partial charge < -0.3 is 10.6 Å². The van der Waals surface area contributed by atoms with E-state index in [1.165, 1.54) is 0 Å². The van der Waals surface area contributed by atoms with Crippen molar-refractivity contribution in [1.29, 1.82) is 0 Å². The number of nitrogens with one attached hydrogen (secondary N) is 1. The lowest BCUT2D eigenvalue weighted by Gasteiger charge is -2.43. The zero-order chi connectivity index (χ0) is 15.0. The van der Waals surface area contributed by atoms with Gasteiger partial charge in [0.1, 0.15) is 0 Å². The molecule has 110 valence electrons. The fourth-order valence-electron chi connectivity index (χ4n) is 3.67. The highest BCUT2D eigenvalue weighted by Crippen LogP contribution is 2.22. The molecule has 1 aromatic carbocycles. The van der Waals surface area contributed by atoms with E-state index in [1.807, 2.05) is 31.2 Å². The van der Waals surface area contributed by atoms with Crippen LogP contribution in [0.2, 0.25) is 0 Å². The third-order valence-electron chi connectivity index (χ3n) is 3.94. The van der Waals surface area contributed by atoms with Gasteiger partial charge in [0.15, 0.2) is 0 Å². The third kappa shape index (κ3) is 3.83. The molecule has 0 atom stereocenters. The lowest BCUT2D eigenvalue weighted by Crippen LogP contribution is -3.06. The van der Waals surface area contributed by atoms with Gasteiger partial charge in [-0.3, -0.25) is 4.79 Å². The molecule has 20 heavy (non-hydrogen) atoms. The molecule has 0 radical (unpaired) electrons. The molecular formula is C17H27N2O+. The SMILES string of the molecule is Cc1cccc(C(=O)NC2CC(C)(C)[NH2+]C(C)(C)C2)c1. The van der Waals surface area contributed by atoms with Crippen molar-refractivity contribution in [1.82, 2.24) is 5.32 Å². The molecule has 1 aliphatic rings. The maximum atomic E-state index is 12.4. The summed E-state index contributed by atoms with van der Waals surface area (Å²) >= 11 is 0. The molecule has 0 saturated carbocycles. The molecular weight excluding hydrogens is 248 g/mol. The number of aryl methyl sites for hydroxylation is 1. The Hall–Kier alpha value is -1.35. The highest BCUT2D eigenvalue weighted by molar-refractivity contribution is 5.94. The molecule has 3 heteroatoms. The van der Waals surface area contributed by atoms with Crippen molar-refractivity contribution in [3.8, 4) is 0 Å². The minimum Gasteiger partial charge on any atom is -0.349 e. The van der Waals surface area contributed by atoms with Gasteiger partial charge in [-0.2, -0.15) is 0 Å². The van der Waals surface area contributed by atoms with Gasteiger partial charge >= 0.3 is 0 Å². The quantitative estimate of drug-likeness (QED) is 0.852. The number of hydrogen-bond acceptors (Lipinski definition) is 1. The Bertz CT molecular complexity index is 489. The molecule has 0 bridgehead atoms. The lowest BCUT2D eigenvalue weighted by atomic mass is 9.79. The van der Waals surface area contributed by atoms with Crippen LogP contribution in [0.25, 0.3) is 0 Å². The van der Waals surface area contributed by atoms with E-state index in [2.05, 4.69) is 38.3 Å². The molecule has 3 nitrogen and oxygen atoms in total. The fourth-order valence-corrected chi connectivity index (χ4v) is 3.67. The molecule has 3 N–H and O–H groups in total. The smallest absolute Gasteiger partial charge is 0.251 e. The number of nitrogens with two attached hydrogens (primary N) is 1. The molecule has 2 rings (SSSR count). The molecule has 1 heterocycles. The Kier molecular flexibility index (Phi) is 3.92. The third-order valence-corrected chi connectivity index (χ3v) is 3.94. The second-order valence-corrected chi connectivity index (χ2v) is 7.57. The van der Waals surface area contributed by atoms with Crippen molar-refractivity contribution in [3.63, 3.8) is 0 Å². The number of rotatable bonds is 2. The number of amides is 1. The van der Waals surface area contributed by atoms with Crippen molar-refractivity contribution in [2.75, 3.05) is 0 Å². The first-order valence-corrected chi connectivity index (χ1v) is 7.42. The fraction of sp³-hybridized carbons (Fsp3) is 0.588. The Labute approximate surface area is 122 Å². The molecule has 1 amide bonds. The van der Waals surface area contributed by atoms with Gasteiger partial charge in [-0.1, -0.05) is 17.7 Å². The van der Waals surface area contributed by atoms with Gasteiger partial charge in [-0.15, -0.1) is 0 Å². The summed E-state index contributed by atoms with van der Waals surface area (Å²) in [4.78, 5) is 12.4. The van der Waals surface area contributed by atoms with E-state index in [-0.39, 0.29) is 23.0 Å². The monoisotopic (exact) mass is 275 g/mol. The van der Waals surface area contributed by atoms with E-state index < -0.39 is 0 Å². The first-order valence-electron chi connectivity index (χ1n) is 7.42. The Balaban J connectivity index is 2.08. The van der Waals surface area contributed by atoms with Crippen LogP contribution in [0.15, 0.2) is 24.3 Å². The van der Waals surface area contributed by atoms with E-state index in [0.29, 0.717) is 0 Å². The van der Waals surface area contributed by atoms with Crippen molar-refractivity contribution in [3.05, 3.63) is 35.4 Å². The molecule has 0 aromatic heterocycles. The average molecular weight is 275 g/mol. The van der Waals surface area contributed by atoms with E-state index in [0.717, 1.165) is 24.0 Å². The van der Waals surface area contributed by atoms with Crippen LogP contribution >= 0.6 is 0 Å². The second-order valence-electron chi connectivity index (χ2n) is 7.57. The summed E-state index contributed by atoms with van der Waals surface area (Å²) in [7, 11) is 0. The molecule has 0 aliphatic carbocycles. The largest absolute Gasteiger partial charge is 0.349 e. The Morgan fingerprint density at radius 3 is 2.35 bits per heavy atom. The zero-order valence-corrected chi connectivity index (χ0v) is 13.3. The van der Waals surface area contributed by atoms with Crippen molar-refractivity contribution in [2.45, 2.75) is 64.6 Å². The Morgan fingerprint density at radius 2 is 1.80 bits per heavy atom. The lowest BCUT2D eigenvalue weighted by molar-refractivity contribution is -0.787. The number of hydrogen-bond donors (Lipinski definition) is 2. The predicted octanol–water partition coefficient (Wildman–Crippen LogP) is 2.01. The highest BCUT2D eigenvalue weighted by Gasteiger charge is 2.42. The number of carbonyl (C=O) groups excluding carboxylic acids is 1. The topological polar surface area (TPSA) is 45.7 Å². The van der Waals surface area contributed by atoms with Crippen molar-refractivity contribution < 1.29 is 10.1 Å². The first-order chi connectivity index (χ1) is 9.17. The minimum atomic E-state index is 0.0483. The summed E-state index contributed by atoms with van der Waals surface area (Å²) in [6.07, 6.45) is 2.02.